The normalized spacial score (nSPS) is 17.2. The molecule has 0 unspecified atom stereocenters. The second kappa shape index (κ2) is 7.60. The number of nitrogens with zero attached hydrogens (tertiary/aromatic N) is 4. The largest absolute Gasteiger partial charge is 0.376 e. The van der Waals surface area contributed by atoms with Gasteiger partial charge in [-0.2, -0.15) is 4.52 Å². The molecule has 8 nitrogen and oxygen atoms in total. The number of ether oxygens (including phenoxy) is 1. The third kappa shape index (κ3) is 3.24. The van der Waals surface area contributed by atoms with E-state index in [0.29, 0.717) is 12.4 Å². The summed E-state index contributed by atoms with van der Waals surface area (Å²) in [6.07, 6.45) is 3.04. The third-order valence-corrected chi connectivity index (χ3v) is 7.92. The molecule has 0 spiro atoms. The Hall–Kier alpha value is -2.56. The Balaban J connectivity index is 1.59. The molecule has 4 heterocycles. The smallest absolute Gasteiger partial charge is 0.229 e. The van der Waals surface area contributed by atoms with E-state index < -0.39 is 9.84 Å². The maximum absolute atomic E-state index is 13.3. The summed E-state index contributed by atoms with van der Waals surface area (Å²) in [6.45, 7) is 3.43. The maximum Gasteiger partial charge on any atom is 0.229 e. The Morgan fingerprint density at radius 1 is 1.27 bits per heavy atom. The van der Waals surface area contributed by atoms with Gasteiger partial charge in [0.05, 0.1) is 21.2 Å². The van der Waals surface area contributed by atoms with E-state index in [4.69, 9.17) is 4.74 Å². The van der Waals surface area contributed by atoms with Crippen LogP contribution in [0.25, 0.3) is 15.9 Å². The van der Waals surface area contributed by atoms with Gasteiger partial charge in [0.15, 0.2) is 5.65 Å². The van der Waals surface area contributed by atoms with Crippen LogP contribution in [0.15, 0.2) is 45.6 Å². The van der Waals surface area contributed by atoms with Gasteiger partial charge in [0.25, 0.3) is 0 Å². The average Bonchev–Trinajstić information content (AvgIpc) is 3.52. The predicted molar refractivity (Wildman–Crippen MR) is 115 cm³/mol. The summed E-state index contributed by atoms with van der Waals surface area (Å²) in [7, 11) is -3.85. The van der Waals surface area contributed by atoms with Crippen LogP contribution in [0.5, 0.6) is 0 Å². The lowest BCUT2D eigenvalue weighted by Crippen LogP contribution is -2.19. The van der Waals surface area contributed by atoms with Gasteiger partial charge in [-0.05, 0) is 48.4 Å². The Morgan fingerprint density at radius 2 is 2.10 bits per heavy atom. The number of aryl methyl sites for hydroxylation is 1. The standard InChI is InChI=1S/C20H21N5O3S2/c1-2-13-5-7-15(8-6-13)30(26,27)20-19-22-18(21-12-14-4-3-10-28-14)17-16(9-11-29-17)25(19)24-23-20/h5-9,11,14H,2-4,10,12H2,1H3,(H,21,22)/t14-/m1/s1. The molecule has 0 radical (unpaired) electrons. The van der Waals surface area contributed by atoms with E-state index >= 15 is 0 Å². The molecule has 5 rings (SSSR count). The number of aromatic nitrogens is 4. The lowest BCUT2D eigenvalue weighted by Gasteiger charge is -2.12. The molecular weight excluding hydrogens is 422 g/mol. The van der Waals surface area contributed by atoms with Crippen LogP contribution < -0.4 is 5.32 Å². The van der Waals surface area contributed by atoms with Crippen LogP contribution >= 0.6 is 11.3 Å². The topological polar surface area (TPSA) is 98.5 Å². The number of anilines is 1. The van der Waals surface area contributed by atoms with E-state index in [1.807, 2.05) is 30.5 Å². The molecule has 1 atom stereocenters. The van der Waals surface area contributed by atoms with Gasteiger partial charge in [-0.25, -0.2) is 13.4 Å². The Kier molecular flexibility index (Phi) is 4.92. The van der Waals surface area contributed by atoms with Crippen molar-refractivity contribution in [2.24, 2.45) is 0 Å². The summed E-state index contributed by atoms with van der Waals surface area (Å²) >= 11 is 1.52. The van der Waals surface area contributed by atoms with Crippen molar-refractivity contribution in [1.82, 2.24) is 19.8 Å². The van der Waals surface area contributed by atoms with Gasteiger partial charge in [-0.1, -0.05) is 24.3 Å². The molecule has 1 aromatic carbocycles. The highest BCUT2D eigenvalue weighted by Gasteiger charge is 2.27. The van der Waals surface area contributed by atoms with Crippen molar-refractivity contribution in [2.75, 3.05) is 18.5 Å². The number of fused-ring (bicyclic) bond motifs is 3. The fraction of sp³-hybridized carbons (Fsp3) is 0.350. The highest BCUT2D eigenvalue weighted by molar-refractivity contribution is 7.91. The molecule has 1 N–H and O–H groups in total. The molecule has 1 aliphatic heterocycles. The Labute approximate surface area is 177 Å². The van der Waals surface area contributed by atoms with Gasteiger partial charge >= 0.3 is 0 Å². The number of benzene rings is 1. The van der Waals surface area contributed by atoms with Crippen LogP contribution in [0.2, 0.25) is 0 Å². The molecular formula is C20H21N5O3S2. The van der Waals surface area contributed by atoms with Crippen LogP contribution in [0, 0.1) is 0 Å². The fourth-order valence-corrected chi connectivity index (χ4v) is 5.72. The number of nitrogens with one attached hydrogen (secondary N) is 1. The number of sulfone groups is 1. The SMILES string of the molecule is CCc1ccc(S(=O)(=O)c2nnn3c2nc(NC[C@H]2CCCO2)c2sccc23)cc1. The minimum Gasteiger partial charge on any atom is -0.376 e. The monoisotopic (exact) mass is 443 g/mol. The zero-order chi connectivity index (χ0) is 20.7. The van der Waals surface area contributed by atoms with Gasteiger partial charge in [-0.3, -0.25) is 0 Å². The summed E-state index contributed by atoms with van der Waals surface area (Å²) in [6, 6.07) is 8.75. The molecule has 3 aromatic heterocycles. The van der Waals surface area contributed by atoms with E-state index in [1.165, 1.54) is 15.9 Å². The Morgan fingerprint density at radius 3 is 2.83 bits per heavy atom. The van der Waals surface area contributed by atoms with Gasteiger partial charge in [0.2, 0.25) is 14.9 Å². The van der Waals surface area contributed by atoms with Gasteiger partial charge < -0.3 is 10.1 Å². The summed E-state index contributed by atoms with van der Waals surface area (Å²) in [5.74, 6) is 0.628. The van der Waals surface area contributed by atoms with Crippen LogP contribution in [0.4, 0.5) is 5.82 Å². The number of hydrogen-bond donors (Lipinski definition) is 1. The first-order valence-electron chi connectivity index (χ1n) is 9.90. The van der Waals surface area contributed by atoms with Crippen molar-refractivity contribution >= 4 is 42.9 Å². The molecule has 156 valence electrons. The molecule has 0 amide bonds. The molecule has 1 saturated heterocycles. The zero-order valence-electron chi connectivity index (χ0n) is 16.4. The van der Waals surface area contributed by atoms with Crippen molar-refractivity contribution in [1.29, 1.82) is 0 Å². The summed E-state index contributed by atoms with van der Waals surface area (Å²) < 4.78 is 34.6. The number of rotatable bonds is 6. The van der Waals surface area contributed by atoms with Crippen LogP contribution in [-0.2, 0) is 21.0 Å². The van der Waals surface area contributed by atoms with Crippen LogP contribution in [-0.4, -0.2) is 47.5 Å². The van der Waals surface area contributed by atoms with E-state index in [1.54, 1.807) is 12.1 Å². The van der Waals surface area contributed by atoms with Crippen LogP contribution in [0.3, 0.4) is 0 Å². The minimum absolute atomic E-state index is 0.139. The molecule has 1 aliphatic rings. The zero-order valence-corrected chi connectivity index (χ0v) is 18.0. The molecule has 0 bridgehead atoms. The van der Waals surface area contributed by atoms with E-state index in [2.05, 4.69) is 20.6 Å². The minimum atomic E-state index is -3.85. The molecule has 0 saturated carbocycles. The van der Waals surface area contributed by atoms with Crippen molar-refractivity contribution in [3.8, 4) is 0 Å². The molecule has 10 heteroatoms. The molecule has 1 fully saturated rings. The van der Waals surface area contributed by atoms with Gasteiger partial charge in [0.1, 0.15) is 5.82 Å². The van der Waals surface area contributed by atoms with Gasteiger partial charge in [-0.15, -0.1) is 16.4 Å². The average molecular weight is 444 g/mol. The summed E-state index contributed by atoms with van der Waals surface area (Å²) in [5, 5.41) is 13.2. The first-order chi connectivity index (χ1) is 14.6. The third-order valence-electron chi connectivity index (χ3n) is 5.34. The molecule has 4 aromatic rings. The van der Waals surface area contributed by atoms with E-state index in [0.717, 1.165) is 41.6 Å². The molecule has 0 aliphatic carbocycles. The second-order valence-electron chi connectivity index (χ2n) is 7.24. The highest BCUT2D eigenvalue weighted by atomic mass is 32.2. The van der Waals surface area contributed by atoms with E-state index in [9.17, 15) is 8.42 Å². The first-order valence-corrected chi connectivity index (χ1v) is 12.3. The van der Waals surface area contributed by atoms with Crippen molar-refractivity contribution in [2.45, 2.75) is 42.2 Å². The van der Waals surface area contributed by atoms with Crippen molar-refractivity contribution < 1.29 is 13.2 Å². The maximum atomic E-state index is 13.3. The molecule has 30 heavy (non-hydrogen) atoms. The van der Waals surface area contributed by atoms with Crippen molar-refractivity contribution in [3.05, 3.63) is 41.3 Å². The first kappa shape index (κ1) is 19.4. The highest BCUT2D eigenvalue weighted by Crippen LogP contribution is 2.31. The summed E-state index contributed by atoms with van der Waals surface area (Å²) in [5.41, 5.74) is 2.06. The quantitative estimate of drug-likeness (QED) is 0.488. The lowest BCUT2D eigenvalue weighted by atomic mass is 10.2. The van der Waals surface area contributed by atoms with Gasteiger partial charge in [0, 0.05) is 13.2 Å². The number of thiophene rings is 1. The number of hydrogen-bond acceptors (Lipinski definition) is 8. The second-order valence-corrected chi connectivity index (χ2v) is 10.0. The summed E-state index contributed by atoms with van der Waals surface area (Å²) in [4.78, 5) is 4.81. The van der Waals surface area contributed by atoms with E-state index in [-0.39, 0.29) is 21.7 Å². The van der Waals surface area contributed by atoms with Crippen LogP contribution in [0.1, 0.15) is 25.3 Å². The predicted octanol–water partition coefficient (Wildman–Crippen LogP) is 3.33. The Bertz CT molecular complexity index is 1310. The van der Waals surface area contributed by atoms with Crippen molar-refractivity contribution in [3.63, 3.8) is 0 Å². The lowest BCUT2D eigenvalue weighted by molar-refractivity contribution is 0.120. The fourth-order valence-electron chi connectivity index (χ4n) is 3.65.